The smallest absolute Gasteiger partial charge is 0.322 e. The van der Waals surface area contributed by atoms with Crippen molar-refractivity contribution >= 4 is 21.7 Å². The molecule has 20 heavy (non-hydrogen) atoms. The Bertz CT molecular complexity index is 521. The molecule has 1 rings (SSSR count). The van der Waals surface area contributed by atoms with Crippen molar-refractivity contribution in [3.63, 3.8) is 0 Å². The number of hydrogen-bond donors (Lipinski definition) is 2. The van der Waals surface area contributed by atoms with Crippen LogP contribution in [0, 0.1) is 0 Å². The number of rotatable bonds is 9. The third kappa shape index (κ3) is 6.50. The quantitative estimate of drug-likeness (QED) is 0.637. The molecule has 1 aromatic rings. The van der Waals surface area contributed by atoms with Gasteiger partial charge in [0.15, 0.2) is 0 Å². The molecule has 9 heteroatoms. The number of ether oxygens (including phenoxy) is 1. The molecule has 0 unspecified atom stereocenters. The highest BCUT2D eigenvalue weighted by molar-refractivity contribution is 7.90. The van der Waals surface area contributed by atoms with Gasteiger partial charge in [-0.2, -0.15) is 15.0 Å². The SMILES string of the molecule is CCCNc1nc(NCCCS(C)(=O)=O)nc(OC)n1. The van der Waals surface area contributed by atoms with Gasteiger partial charge in [-0.1, -0.05) is 6.92 Å². The fourth-order valence-corrected chi connectivity index (χ4v) is 2.05. The Morgan fingerprint density at radius 2 is 1.70 bits per heavy atom. The summed E-state index contributed by atoms with van der Waals surface area (Å²) in [6, 6.07) is 0.212. The van der Waals surface area contributed by atoms with Crippen molar-refractivity contribution in [1.82, 2.24) is 15.0 Å². The third-order valence-electron chi connectivity index (χ3n) is 2.31. The van der Waals surface area contributed by atoms with Crippen molar-refractivity contribution in [3.8, 4) is 6.01 Å². The van der Waals surface area contributed by atoms with Crippen LogP contribution in [0.1, 0.15) is 19.8 Å². The van der Waals surface area contributed by atoms with E-state index in [0.29, 0.717) is 24.9 Å². The van der Waals surface area contributed by atoms with Crippen LogP contribution in [-0.4, -0.2) is 55.6 Å². The molecule has 0 aliphatic carbocycles. The number of sulfone groups is 1. The second-order valence-electron chi connectivity index (χ2n) is 4.31. The molecule has 8 nitrogen and oxygen atoms in total. The lowest BCUT2D eigenvalue weighted by Crippen LogP contribution is -2.13. The van der Waals surface area contributed by atoms with Gasteiger partial charge in [-0.15, -0.1) is 0 Å². The van der Waals surface area contributed by atoms with Crippen LogP contribution in [0.25, 0.3) is 0 Å². The van der Waals surface area contributed by atoms with E-state index < -0.39 is 9.84 Å². The second kappa shape index (κ2) is 7.83. The zero-order valence-electron chi connectivity index (χ0n) is 12.0. The molecule has 1 heterocycles. The van der Waals surface area contributed by atoms with Crippen molar-refractivity contribution in [2.75, 3.05) is 42.8 Å². The molecule has 0 radical (unpaired) electrons. The van der Waals surface area contributed by atoms with Crippen LogP contribution in [0.2, 0.25) is 0 Å². The number of hydrogen-bond acceptors (Lipinski definition) is 8. The number of methoxy groups -OCH3 is 1. The third-order valence-corrected chi connectivity index (χ3v) is 3.34. The summed E-state index contributed by atoms with van der Waals surface area (Å²) in [4.78, 5) is 12.3. The summed E-state index contributed by atoms with van der Waals surface area (Å²) < 4.78 is 27.0. The lowest BCUT2D eigenvalue weighted by Gasteiger charge is -2.08. The van der Waals surface area contributed by atoms with E-state index >= 15 is 0 Å². The molecule has 0 amide bonds. The molecule has 0 aromatic carbocycles. The van der Waals surface area contributed by atoms with E-state index in [1.807, 2.05) is 6.92 Å². The summed E-state index contributed by atoms with van der Waals surface area (Å²) in [5.74, 6) is 0.927. The van der Waals surface area contributed by atoms with E-state index in [1.165, 1.54) is 13.4 Å². The Morgan fingerprint density at radius 1 is 1.10 bits per heavy atom. The Labute approximate surface area is 119 Å². The Kier molecular flexibility index (Phi) is 6.43. The first kappa shape index (κ1) is 16.4. The lowest BCUT2D eigenvalue weighted by molar-refractivity contribution is 0.379. The van der Waals surface area contributed by atoms with E-state index in [-0.39, 0.29) is 11.8 Å². The summed E-state index contributed by atoms with van der Waals surface area (Å²) in [5.41, 5.74) is 0. The molecule has 0 atom stereocenters. The molecule has 1 aromatic heterocycles. The molecule has 114 valence electrons. The average molecular weight is 303 g/mol. The highest BCUT2D eigenvalue weighted by atomic mass is 32.2. The second-order valence-corrected chi connectivity index (χ2v) is 6.57. The van der Waals surface area contributed by atoms with E-state index in [4.69, 9.17) is 4.74 Å². The minimum absolute atomic E-state index is 0.128. The molecule has 0 saturated carbocycles. The van der Waals surface area contributed by atoms with Crippen LogP contribution in [0.15, 0.2) is 0 Å². The molecule has 0 spiro atoms. The van der Waals surface area contributed by atoms with Crippen molar-refractivity contribution in [2.24, 2.45) is 0 Å². The van der Waals surface area contributed by atoms with Crippen LogP contribution in [0.5, 0.6) is 6.01 Å². The zero-order chi connectivity index (χ0) is 15.0. The first-order valence-corrected chi connectivity index (χ1v) is 8.46. The molecule has 2 N–H and O–H groups in total. The summed E-state index contributed by atoms with van der Waals surface area (Å²) in [6.45, 7) is 3.25. The molecular formula is C11H21N5O3S. The van der Waals surface area contributed by atoms with Crippen molar-refractivity contribution in [2.45, 2.75) is 19.8 Å². The highest BCUT2D eigenvalue weighted by Crippen LogP contribution is 2.10. The Hall–Kier alpha value is -1.64. The van der Waals surface area contributed by atoms with Gasteiger partial charge < -0.3 is 15.4 Å². The van der Waals surface area contributed by atoms with E-state index in [0.717, 1.165) is 13.0 Å². The Morgan fingerprint density at radius 3 is 2.20 bits per heavy atom. The van der Waals surface area contributed by atoms with Gasteiger partial charge in [0.1, 0.15) is 9.84 Å². The maximum Gasteiger partial charge on any atom is 0.322 e. The number of aromatic nitrogens is 3. The van der Waals surface area contributed by atoms with Gasteiger partial charge in [0.25, 0.3) is 0 Å². The molecule has 0 bridgehead atoms. The van der Waals surface area contributed by atoms with Gasteiger partial charge in [-0.25, -0.2) is 8.42 Å². The molecule has 0 saturated heterocycles. The topological polar surface area (TPSA) is 106 Å². The summed E-state index contributed by atoms with van der Waals surface area (Å²) in [5, 5.41) is 6.01. The maximum absolute atomic E-state index is 11.0. The normalized spacial score (nSPS) is 11.2. The van der Waals surface area contributed by atoms with Crippen LogP contribution in [-0.2, 0) is 9.84 Å². The lowest BCUT2D eigenvalue weighted by atomic mass is 10.5. The van der Waals surface area contributed by atoms with Gasteiger partial charge in [-0.3, -0.25) is 0 Å². The van der Waals surface area contributed by atoms with Gasteiger partial charge in [0, 0.05) is 19.3 Å². The van der Waals surface area contributed by atoms with Gasteiger partial charge in [-0.05, 0) is 12.8 Å². The standard InChI is InChI=1S/C11H21N5O3S/c1-4-6-12-9-14-10(16-11(15-9)19-2)13-7-5-8-20(3,17)18/h4-8H2,1-3H3,(H2,12,13,14,15,16). The van der Waals surface area contributed by atoms with Crippen molar-refractivity contribution < 1.29 is 13.2 Å². The largest absolute Gasteiger partial charge is 0.467 e. The minimum atomic E-state index is -2.94. The van der Waals surface area contributed by atoms with E-state index in [9.17, 15) is 8.42 Å². The first-order valence-electron chi connectivity index (χ1n) is 6.40. The van der Waals surface area contributed by atoms with Crippen LogP contribution < -0.4 is 15.4 Å². The maximum atomic E-state index is 11.0. The molecule has 0 aliphatic rings. The van der Waals surface area contributed by atoms with Crippen LogP contribution in [0.3, 0.4) is 0 Å². The summed E-state index contributed by atoms with van der Waals surface area (Å²) >= 11 is 0. The molecular weight excluding hydrogens is 282 g/mol. The minimum Gasteiger partial charge on any atom is -0.467 e. The Balaban J connectivity index is 2.59. The number of anilines is 2. The average Bonchev–Trinajstić information content (AvgIpc) is 2.40. The molecule has 0 aliphatic heterocycles. The van der Waals surface area contributed by atoms with Gasteiger partial charge in [0.2, 0.25) is 11.9 Å². The highest BCUT2D eigenvalue weighted by Gasteiger charge is 2.07. The van der Waals surface area contributed by atoms with Crippen LogP contribution >= 0.6 is 0 Å². The molecule has 0 fully saturated rings. The van der Waals surface area contributed by atoms with Gasteiger partial charge in [0.05, 0.1) is 12.9 Å². The van der Waals surface area contributed by atoms with Crippen molar-refractivity contribution in [1.29, 1.82) is 0 Å². The van der Waals surface area contributed by atoms with E-state index in [2.05, 4.69) is 25.6 Å². The monoisotopic (exact) mass is 303 g/mol. The number of nitrogens with one attached hydrogen (secondary N) is 2. The zero-order valence-corrected chi connectivity index (χ0v) is 12.8. The van der Waals surface area contributed by atoms with E-state index in [1.54, 1.807) is 0 Å². The fourth-order valence-electron chi connectivity index (χ4n) is 1.38. The predicted octanol–water partition coefficient (Wildman–Crippen LogP) is 0.549. The summed E-state index contributed by atoms with van der Waals surface area (Å²) in [6.07, 6.45) is 2.65. The van der Waals surface area contributed by atoms with Gasteiger partial charge >= 0.3 is 6.01 Å². The predicted molar refractivity (Wildman–Crippen MR) is 78.0 cm³/mol. The first-order chi connectivity index (χ1) is 9.44. The number of nitrogens with zero attached hydrogens (tertiary/aromatic N) is 3. The fraction of sp³-hybridized carbons (Fsp3) is 0.727. The van der Waals surface area contributed by atoms with Crippen molar-refractivity contribution in [3.05, 3.63) is 0 Å². The summed E-state index contributed by atoms with van der Waals surface area (Å²) in [7, 11) is -1.46. The van der Waals surface area contributed by atoms with Crippen LogP contribution in [0.4, 0.5) is 11.9 Å².